The molecule has 0 spiro atoms. The zero-order valence-corrected chi connectivity index (χ0v) is 13.0. The first-order chi connectivity index (χ1) is 10.4. The van der Waals surface area contributed by atoms with Gasteiger partial charge in [0, 0.05) is 44.1 Å². The monoisotopic (exact) mass is 288 g/mol. The van der Waals surface area contributed by atoms with E-state index in [4.69, 9.17) is 5.73 Å². The summed E-state index contributed by atoms with van der Waals surface area (Å²) in [5.41, 5.74) is 7.29. The van der Waals surface area contributed by atoms with E-state index in [1.807, 2.05) is 18.5 Å². The summed E-state index contributed by atoms with van der Waals surface area (Å²) in [5, 5.41) is 0. The highest BCUT2D eigenvalue weighted by molar-refractivity contribution is 5.14. The summed E-state index contributed by atoms with van der Waals surface area (Å²) >= 11 is 0. The molecule has 2 aliphatic heterocycles. The molecule has 1 unspecified atom stereocenters. The molecule has 1 atom stereocenters. The van der Waals surface area contributed by atoms with Crippen LogP contribution < -0.4 is 5.73 Å². The van der Waals surface area contributed by atoms with Gasteiger partial charge in [-0.05, 0) is 50.4 Å². The smallest absolute Gasteiger partial charge is 0.0485 e. The second-order valence-electron chi connectivity index (χ2n) is 6.40. The highest BCUT2D eigenvalue weighted by Crippen LogP contribution is 2.26. The molecule has 21 heavy (non-hydrogen) atoms. The molecule has 2 aliphatic rings. The first kappa shape index (κ1) is 14.9. The number of nitrogens with two attached hydrogens (primary N) is 1. The van der Waals surface area contributed by atoms with Crippen LogP contribution in [-0.2, 0) is 0 Å². The lowest BCUT2D eigenvalue weighted by molar-refractivity contribution is 0.0735. The van der Waals surface area contributed by atoms with E-state index in [0.717, 1.165) is 19.1 Å². The SMILES string of the molecule is NCC(c1cccnc1)N1CCC(N2CCCCC2)CC1. The minimum Gasteiger partial charge on any atom is -0.329 e. The Balaban J connectivity index is 1.56. The predicted molar refractivity (Wildman–Crippen MR) is 86.1 cm³/mol. The molecule has 3 heterocycles. The maximum absolute atomic E-state index is 6.03. The van der Waals surface area contributed by atoms with Gasteiger partial charge in [-0.3, -0.25) is 9.88 Å². The van der Waals surface area contributed by atoms with Crippen LogP contribution in [0.15, 0.2) is 24.5 Å². The topological polar surface area (TPSA) is 45.4 Å². The highest BCUT2D eigenvalue weighted by Gasteiger charge is 2.28. The average Bonchev–Trinajstić information content (AvgIpc) is 2.58. The molecule has 116 valence electrons. The number of hydrogen-bond acceptors (Lipinski definition) is 4. The molecule has 0 aliphatic carbocycles. The Hall–Kier alpha value is -0.970. The maximum Gasteiger partial charge on any atom is 0.0485 e. The van der Waals surface area contributed by atoms with Gasteiger partial charge < -0.3 is 10.6 Å². The molecule has 0 bridgehead atoms. The normalized spacial score (nSPS) is 24.0. The van der Waals surface area contributed by atoms with Crippen molar-refractivity contribution in [3.63, 3.8) is 0 Å². The molecule has 2 saturated heterocycles. The lowest BCUT2D eigenvalue weighted by atomic mass is 9.97. The Bertz CT molecular complexity index is 408. The quantitative estimate of drug-likeness (QED) is 0.921. The molecule has 0 saturated carbocycles. The van der Waals surface area contributed by atoms with Gasteiger partial charge in [-0.25, -0.2) is 0 Å². The fourth-order valence-corrected chi connectivity index (χ4v) is 3.92. The van der Waals surface area contributed by atoms with Crippen molar-refractivity contribution in [2.24, 2.45) is 5.73 Å². The summed E-state index contributed by atoms with van der Waals surface area (Å²) in [4.78, 5) is 9.52. The first-order valence-corrected chi connectivity index (χ1v) is 8.46. The van der Waals surface area contributed by atoms with E-state index in [1.165, 1.54) is 50.8 Å². The van der Waals surface area contributed by atoms with Crippen molar-refractivity contribution in [1.82, 2.24) is 14.8 Å². The van der Waals surface area contributed by atoms with Crippen molar-refractivity contribution in [2.75, 3.05) is 32.7 Å². The van der Waals surface area contributed by atoms with Gasteiger partial charge in [0.05, 0.1) is 0 Å². The number of rotatable bonds is 4. The minimum atomic E-state index is 0.334. The van der Waals surface area contributed by atoms with E-state index in [9.17, 15) is 0 Å². The van der Waals surface area contributed by atoms with E-state index in [0.29, 0.717) is 12.6 Å². The number of nitrogens with zero attached hydrogens (tertiary/aromatic N) is 3. The Morgan fingerprint density at radius 2 is 1.90 bits per heavy atom. The van der Waals surface area contributed by atoms with Crippen molar-refractivity contribution in [3.8, 4) is 0 Å². The van der Waals surface area contributed by atoms with Crippen LogP contribution in [0, 0.1) is 0 Å². The third-order valence-corrected chi connectivity index (χ3v) is 5.14. The molecule has 0 radical (unpaired) electrons. The van der Waals surface area contributed by atoms with E-state index >= 15 is 0 Å². The van der Waals surface area contributed by atoms with Crippen LogP contribution in [0.2, 0.25) is 0 Å². The van der Waals surface area contributed by atoms with Crippen LogP contribution in [0.3, 0.4) is 0 Å². The fourth-order valence-electron chi connectivity index (χ4n) is 3.92. The standard InChI is InChI=1S/C17H28N4/c18-13-17(15-5-4-8-19-14-15)21-11-6-16(7-12-21)20-9-2-1-3-10-20/h4-5,8,14,16-17H,1-3,6-7,9-13,18H2. The zero-order chi connectivity index (χ0) is 14.5. The Kier molecular flexibility index (Phi) is 5.22. The summed E-state index contributed by atoms with van der Waals surface area (Å²) in [6.07, 6.45) is 10.6. The van der Waals surface area contributed by atoms with Gasteiger partial charge in [0.2, 0.25) is 0 Å². The number of pyridine rings is 1. The van der Waals surface area contributed by atoms with Crippen molar-refractivity contribution >= 4 is 0 Å². The molecule has 0 amide bonds. The van der Waals surface area contributed by atoms with Crippen LogP contribution in [0.4, 0.5) is 0 Å². The van der Waals surface area contributed by atoms with E-state index < -0.39 is 0 Å². The van der Waals surface area contributed by atoms with Gasteiger partial charge in [-0.1, -0.05) is 12.5 Å². The summed E-state index contributed by atoms with van der Waals surface area (Å²) in [5.74, 6) is 0. The van der Waals surface area contributed by atoms with Gasteiger partial charge in [0.25, 0.3) is 0 Å². The van der Waals surface area contributed by atoms with Gasteiger partial charge in [-0.2, -0.15) is 0 Å². The van der Waals surface area contributed by atoms with Crippen LogP contribution in [0.5, 0.6) is 0 Å². The number of likely N-dealkylation sites (tertiary alicyclic amines) is 2. The summed E-state index contributed by atoms with van der Waals surface area (Å²) in [6, 6.07) is 5.30. The first-order valence-electron chi connectivity index (χ1n) is 8.46. The molecule has 2 N–H and O–H groups in total. The van der Waals surface area contributed by atoms with Crippen molar-refractivity contribution < 1.29 is 0 Å². The van der Waals surface area contributed by atoms with Crippen LogP contribution >= 0.6 is 0 Å². The molecule has 1 aromatic rings. The number of aromatic nitrogens is 1. The van der Waals surface area contributed by atoms with E-state index in [-0.39, 0.29) is 0 Å². The third kappa shape index (κ3) is 3.62. The highest BCUT2D eigenvalue weighted by atomic mass is 15.2. The zero-order valence-electron chi connectivity index (χ0n) is 13.0. The largest absolute Gasteiger partial charge is 0.329 e. The lowest BCUT2D eigenvalue weighted by Gasteiger charge is -2.42. The summed E-state index contributed by atoms with van der Waals surface area (Å²) < 4.78 is 0. The second-order valence-corrected chi connectivity index (χ2v) is 6.40. The van der Waals surface area contributed by atoms with Crippen molar-refractivity contribution in [2.45, 2.75) is 44.2 Å². The van der Waals surface area contributed by atoms with E-state index in [1.54, 1.807) is 0 Å². The van der Waals surface area contributed by atoms with Crippen LogP contribution in [0.25, 0.3) is 0 Å². The fraction of sp³-hybridized carbons (Fsp3) is 0.706. The molecule has 3 rings (SSSR count). The summed E-state index contributed by atoms with van der Waals surface area (Å²) in [7, 11) is 0. The Labute approximate surface area is 128 Å². The van der Waals surface area contributed by atoms with Crippen molar-refractivity contribution in [3.05, 3.63) is 30.1 Å². The van der Waals surface area contributed by atoms with Crippen molar-refractivity contribution in [1.29, 1.82) is 0 Å². The van der Waals surface area contributed by atoms with E-state index in [2.05, 4.69) is 20.9 Å². The molecule has 4 heteroatoms. The van der Waals surface area contributed by atoms with Crippen LogP contribution in [-0.4, -0.2) is 53.5 Å². The maximum atomic E-state index is 6.03. The molecule has 2 fully saturated rings. The van der Waals surface area contributed by atoms with Gasteiger partial charge in [0.1, 0.15) is 0 Å². The number of piperidine rings is 2. The lowest BCUT2D eigenvalue weighted by Crippen LogP contribution is -2.48. The molecule has 4 nitrogen and oxygen atoms in total. The minimum absolute atomic E-state index is 0.334. The average molecular weight is 288 g/mol. The Morgan fingerprint density at radius 3 is 2.52 bits per heavy atom. The van der Waals surface area contributed by atoms with Gasteiger partial charge in [-0.15, -0.1) is 0 Å². The molecule has 0 aromatic carbocycles. The third-order valence-electron chi connectivity index (χ3n) is 5.14. The van der Waals surface area contributed by atoms with Crippen LogP contribution in [0.1, 0.15) is 43.7 Å². The molecular formula is C17H28N4. The number of hydrogen-bond donors (Lipinski definition) is 1. The molecule has 1 aromatic heterocycles. The predicted octanol–water partition coefficient (Wildman–Crippen LogP) is 2.03. The summed E-state index contributed by atoms with van der Waals surface area (Å²) in [6.45, 7) is 5.64. The van der Waals surface area contributed by atoms with Gasteiger partial charge in [0.15, 0.2) is 0 Å². The second kappa shape index (κ2) is 7.34. The molecular weight excluding hydrogens is 260 g/mol. The van der Waals surface area contributed by atoms with Gasteiger partial charge >= 0.3 is 0 Å². The Morgan fingerprint density at radius 1 is 1.14 bits per heavy atom.